The third-order valence-corrected chi connectivity index (χ3v) is 12.6. The Morgan fingerprint density at radius 3 is 1.71 bits per heavy atom. The number of carbonyl (C=O) groups excluding carboxylic acids is 6. The summed E-state index contributed by atoms with van der Waals surface area (Å²) in [6, 6.07) is 22.1. The first-order valence-corrected chi connectivity index (χ1v) is 24.9. The van der Waals surface area contributed by atoms with Gasteiger partial charge in [-0.1, -0.05) is 133 Å². The molecule has 1 heterocycles. The van der Waals surface area contributed by atoms with E-state index in [0.717, 1.165) is 32.8 Å². The minimum absolute atomic E-state index is 0.00542. The van der Waals surface area contributed by atoms with Crippen LogP contribution in [-0.4, -0.2) is 100 Å². The lowest BCUT2D eigenvalue weighted by atomic mass is 9.97. The van der Waals surface area contributed by atoms with E-state index < -0.39 is 95.5 Å². The second kappa shape index (κ2) is 26.9. The van der Waals surface area contributed by atoms with Crippen LogP contribution in [0.5, 0.6) is 0 Å². The molecular weight excluding hydrogens is 915 g/mol. The monoisotopic (exact) mass is 988 g/mol. The fraction of sp³-hybridized carbons (Fsp3) is 0.436. The number of amides is 6. The number of para-hydroxylation sites is 1. The number of unbranched alkanes of at least 4 members (excludes halogenated alkanes) is 1. The van der Waals surface area contributed by atoms with Crippen molar-refractivity contribution in [3.05, 3.63) is 120 Å². The molecule has 0 aliphatic heterocycles. The molecule has 0 spiro atoms. The normalized spacial score (nSPS) is 14.4. The van der Waals surface area contributed by atoms with E-state index in [-0.39, 0.29) is 38.0 Å². The maximum Gasteiger partial charge on any atom is 0.326 e. The molecule has 0 radical (unpaired) electrons. The van der Waals surface area contributed by atoms with Crippen molar-refractivity contribution in [2.24, 2.45) is 29.2 Å². The highest BCUT2D eigenvalue weighted by molar-refractivity contribution is 5.98. The lowest BCUT2D eigenvalue weighted by molar-refractivity contribution is -0.143. The molecule has 7 atom stereocenters. The zero-order valence-electron chi connectivity index (χ0n) is 42.2. The van der Waals surface area contributed by atoms with Gasteiger partial charge in [0.25, 0.3) is 0 Å². The zero-order valence-corrected chi connectivity index (χ0v) is 42.2. The Labute approximate surface area is 421 Å². The molecule has 0 bridgehead atoms. The van der Waals surface area contributed by atoms with E-state index in [0.29, 0.717) is 24.9 Å². The van der Waals surface area contributed by atoms with Crippen LogP contribution in [0, 0.1) is 17.8 Å². The minimum atomic E-state index is -1.26. The highest BCUT2D eigenvalue weighted by Gasteiger charge is 2.36. The van der Waals surface area contributed by atoms with Crippen molar-refractivity contribution in [2.45, 2.75) is 129 Å². The first kappa shape index (κ1) is 55.8. The first-order valence-electron chi connectivity index (χ1n) is 24.9. The molecule has 1 aromatic heterocycles. The fourth-order valence-corrected chi connectivity index (χ4v) is 8.61. The van der Waals surface area contributed by atoms with Crippen molar-refractivity contribution < 1.29 is 38.7 Å². The smallest absolute Gasteiger partial charge is 0.326 e. The number of rotatable bonds is 27. The molecule has 386 valence electrons. The average molecular weight is 988 g/mol. The summed E-state index contributed by atoms with van der Waals surface area (Å²) >= 11 is 0. The second-order valence-electron chi connectivity index (χ2n) is 19.7. The molecule has 12 N–H and O–H groups in total. The lowest BCUT2D eigenvalue weighted by Gasteiger charge is -2.30. The molecule has 4 aromatic carbocycles. The van der Waals surface area contributed by atoms with Crippen molar-refractivity contribution >= 4 is 63.1 Å². The molecule has 0 saturated carbocycles. The predicted molar refractivity (Wildman–Crippen MR) is 279 cm³/mol. The fourth-order valence-electron chi connectivity index (χ4n) is 8.61. The van der Waals surface area contributed by atoms with Gasteiger partial charge in [-0.15, -0.1) is 0 Å². The third-order valence-electron chi connectivity index (χ3n) is 12.6. The predicted octanol–water partition coefficient (Wildman–Crippen LogP) is 4.16. The van der Waals surface area contributed by atoms with E-state index in [2.05, 4.69) is 36.9 Å². The van der Waals surface area contributed by atoms with E-state index >= 15 is 0 Å². The summed E-state index contributed by atoms with van der Waals surface area (Å²) in [6.07, 6.45) is 3.45. The van der Waals surface area contributed by atoms with Crippen LogP contribution in [0.4, 0.5) is 0 Å². The number of aromatic nitrogens is 1. The zero-order chi connectivity index (χ0) is 52.5. The Balaban J connectivity index is 1.38. The molecule has 17 nitrogen and oxygen atoms in total. The number of H-pyrrole nitrogens is 1. The van der Waals surface area contributed by atoms with Crippen LogP contribution in [0.25, 0.3) is 21.7 Å². The van der Waals surface area contributed by atoms with Crippen LogP contribution < -0.4 is 43.4 Å². The summed E-state index contributed by atoms with van der Waals surface area (Å²) in [5.41, 5.74) is 15.4. The molecule has 72 heavy (non-hydrogen) atoms. The van der Waals surface area contributed by atoms with Crippen LogP contribution in [-0.2, 0) is 52.8 Å². The maximum absolute atomic E-state index is 14.7. The molecular formula is C55H73N9O8. The Morgan fingerprint density at radius 1 is 0.542 bits per heavy atom. The second-order valence-corrected chi connectivity index (χ2v) is 19.7. The molecule has 0 unspecified atom stereocenters. The molecule has 0 saturated heterocycles. The largest absolute Gasteiger partial charge is 0.480 e. The van der Waals surface area contributed by atoms with E-state index in [4.69, 9.17) is 11.5 Å². The van der Waals surface area contributed by atoms with Gasteiger partial charge in [-0.3, -0.25) is 28.8 Å². The van der Waals surface area contributed by atoms with Gasteiger partial charge in [0.05, 0.1) is 6.04 Å². The van der Waals surface area contributed by atoms with Crippen molar-refractivity contribution in [2.75, 3.05) is 6.54 Å². The number of hydrogen-bond acceptors (Lipinski definition) is 9. The summed E-state index contributed by atoms with van der Waals surface area (Å²) in [7, 11) is 0. The maximum atomic E-state index is 14.7. The third kappa shape index (κ3) is 16.2. The molecule has 5 aromatic rings. The van der Waals surface area contributed by atoms with Gasteiger partial charge in [0.1, 0.15) is 36.3 Å². The van der Waals surface area contributed by atoms with Gasteiger partial charge in [-0.2, -0.15) is 0 Å². The Morgan fingerprint density at radius 2 is 1.07 bits per heavy atom. The number of aromatic amines is 1. The van der Waals surface area contributed by atoms with Crippen molar-refractivity contribution in [1.29, 1.82) is 0 Å². The highest BCUT2D eigenvalue weighted by Crippen LogP contribution is 2.20. The van der Waals surface area contributed by atoms with Gasteiger partial charge in [0.15, 0.2) is 0 Å². The number of carbonyl (C=O) groups is 7. The van der Waals surface area contributed by atoms with E-state index in [1.165, 1.54) is 0 Å². The van der Waals surface area contributed by atoms with Crippen LogP contribution in [0.15, 0.2) is 103 Å². The number of fused-ring (bicyclic) bond motifs is 2. The van der Waals surface area contributed by atoms with Crippen molar-refractivity contribution in [3.63, 3.8) is 0 Å². The van der Waals surface area contributed by atoms with Crippen LogP contribution in [0.3, 0.4) is 0 Å². The van der Waals surface area contributed by atoms with Crippen molar-refractivity contribution in [1.82, 2.24) is 36.9 Å². The molecule has 0 aliphatic rings. The first-order chi connectivity index (χ1) is 34.3. The minimum Gasteiger partial charge on any atom is -0.480 e. The highest BCUT2D eigenvalue weighted by atomic mass is 16.4. The topological polar surface area (TPSA) is 280 Å². The number of nitrogens with one attached hydrogen (secondary N) is 7. The number of carboxylic acid groups (broad SMARTS) is 1. The number of carboxylic acids is 1. The van der Waals surface area contributed by atoms with Gasteiger partial charge in [-0.05, 0) is 89.9 Å². The molecule has 0 aliphatic carbocycles. The summed E-state index contributed by atoms with van der Waals surface area (Å²) in [5, 5.41) is 29.3. The number of hydrogen-bond donors (Lipinski definition) is 10. The van der Waals surface area contributed by atoms with Crippen LogP contribution in [0.1, 0.15) is 83.9 Å². The van der Waals surface area contributed by atoms with Gasteiger partial charge < -0.3 is 53.5 Å². The summed E-state index contributed by atoms with van der Waals surface area (Å²) in [4.78, 5) is 100. The molecule has 17 heteroatoms. The van der Waals surface area contributed by atoms with Gasteiger partial charge >= 0.3 is 5.97 Å². The Kier molecular flexibility index (Phi) is 20.9. The Bertz CT molecular complexity index is 2630. The summed E-state index contributed by atoms with van der Waals surface area (Å²) < 4.78 is 0. The lowest BCUT2D eigenvalue weighted by Crippen LogP contribution is -2.61. The van der Waals surface area contributed by atoms with Gasteiger partial charge in [-0.25, -0.2) is 4.79 Å². The van der Waals surface area contributed by atoms with Crippen molar-refractivity contribution in [3.8, 4) is 0 Å². The molecule has 5 rings (SSSR count). The average Bonchev–Trinajstić information content (AvgIpc) is 3.75. The summed E-state index contributed by atoms with van der Waals surface area (Å²) in [5.74, 6) is -6.20. The molecule has 6 amide bonds. The molecule has 0 fully saturated rings. The van der Waals surface area contributed by atoms with Gasteiger partial charge in [0, 0.05) is 29.9 Å². The number of nitrogens with two attached hydrogens (primary N) is 2. The van der Waals surface area contributed by atoms with Crippen LogP contribution in [0.2, 0.25) is 0 Å². The SMILES string of the molecule is CC(C)C[C@@H](NC(=O)[C@@H](CCCCN)NC(=O)[C@H](NC(=O)[C@H](NC(=O)[C@H](Cc1ccc2ccccc2c1)NC(=O)[C@@H](Cc1ccccc1)NC(=O)[C@H](N)Cc1c[nH]c2ccccc12)C(C)C)C(C)C)C(=O)O. The van der Waals surface area contributed by atoms with Gasteiger partial charge in [0.2, 0.25) is 35.4 Å². The van der Waals surface area contributed by atoms with E-state index in [1.54, 1.807) is 27.7 Å². The standard InChI is InChI=1S/C55H73N9O8/c1-32(2)26-46(55(71)72)62-50(66)43(22-14-15-25-56)59-53(69)47(33(3)4)64-54(70)48(34(5)6)63-52(68)45(29-36-23-24-37-18-10-11-19-38(37)27-36)61-51(67)44(28-35-16-8-7-9-17-35)60-49(65)41(57)30-39-31-58-42-21-13-12-20-40(39)42/h7-13,16-21,23-24,27,31-34,41,43-48,58H,14-15,22,25-26,28-30,56-57H2,1-6H3,(H,59,69)(H,60,65)(H,61,67)(H,62,66)(H,63,68)(H,64,70)(H,71,72)/t41-,43-,44-,45+,46-,47-,48-/m1/s1. The Hall–Kier alpha value is -7.11. The number of benzene rings is 4. The van der Waals surface area contributed by atoms with E-state index in [9.17, 15) is 38.7 Å². The summed E-state index contributed by atoms with van der Waals surface area (Å²) in [6.45, 7) is 10.9. The van der Waals surface area contributed by atoms with E-state index in [1.807, 2.05) is 117 Å². The number of aliphatic carboxylic acids is 1. The quantitative estimate of drug-likeness (QED) is 0.0336. The van der Waals surface area contributed by atoms with Crippen LogP contribution >= 0.6 is 0 Å².